The molecule has 0 bridgehead atoms. The molecule has 0 saturated carbocycles. The fourth-order valence-electron chi connectivity index (χ4n) is 2.82. The molecule has 0 radical (unpaired) electrons. The van der Waals surface area contributed by atoms with Gasteiger partial charge in [0.2, 0.25) is 0 Å². The van der Waals surface area contributed by atoms with E-state index < -0.39 is 29.8 Å². The van der Waals surface area contributed by atoms with E-state index in [-0.39, 0.29) is 17.4 Å². The number of carbonyl (C=O) groups is 3. The van der Waals surface area contributed by atoms with Crippen molar-refractivity contribution in [2.75, 3.05) is 13.1 Å². The highest BCUT2D eigenvalue weighted by Gasteiger charge is 2.31. The molecule has 1 fully saturated rings. The molecule has 0 spiro atoms. The minimum atomic E-state index is -0.901. The number of nitrogens with zero attached hydrogens (tertiary/aromatic N) is 1. The number of amides is 2. The number of carbonyl (C=O) groups excluding carboxylic acids is 3. The van der Waals surface area contributed by atoms with Gasteiger partial charge in [-0.25, -0.2) is 9.18 Å². The number of likely N-dealkylation sites (tertiary alicyclic amines) is 1. The van der Waals surface area contributed by atoms with Crippen LogP contribution in [0.4, 0.5) is 4.39 Å². The number of halogens is 1. The van der Waals surface area contributed by atoms with Crippen LogP contribution in [0.3, 0.4) is 0 Å². The Morgan fingerprint density at radius 2 is 1.65 bits per heavy atom. The second-order valence-electron chi connectivity index (χ2n) is 6.81. The second kappa shape index (κ2) is 8.78. The van der Waals surface area contributed by atoms with Crippen molar-refractivity contribution in [2.24, 2.45) is 5.92 Å². The Morgan fingerprint density at radius 1 is 1.08 bits per heavy atom. The van der Waals surface area contributed by atoms with Crippen LogP contribution in [0.25, 0.3) is 0 Å². The van der Waals surface area contributed by atoms with E-state index in [1.165, 1.54) is 31.2 Å². The number of ether oxygens (including phenoxy) is 1. The Morgan fingerprint density at radius 3 is 2.19 bits per heavy atom. The summed E-state index contributed by atoms with van der Waals surface area (Å²) in [6, 6.07) is 4.13. The molecule has 1 N–H and O–H groups in total. The number of nitrogens with one attached hydrogen (secondary N) is 1. The van der Waals surface area contributed by atoms with E-state index in [0.717, 1.165) is 12.8 Å². The van der Waals surface area contributed by atoms with Gasteiger partial charge in [-0.15, -0.1) is 0 Å². The normalized spacial score (nSPS) is 16.3. The van der Waals surface area contributed by atoms with Gasteiger partial charge in [-0.05, 0) is 49.9 Å². The zero-order valence-electron chi connectivity index (χ0n) is 15.3. The fourth-order valence-corrected chi connectivity index (χ4v) is 2.82. The quantitative estimate of drug-likeness (QED) is 0.785. The van der Waals surface area contributed by atoms with Crippen LogP contribution >= 0.6 is 0 Å². The predicted molar refractivity (Wildman–Crippen MR) is 93.9 cm³/mol. The molecule has 1 aromatic carbocycles. The molecule has 2 atom stereocenters. The summed E-state index contributed by atoms with van der Waals surface area (Å²) in [6.07, 6.45) is 1.01. The van der Waals surface area contributed by atoms with Gasteiger partial charge in [-0.3, -0.25) is 9.59 Å². The van der Waals surface area contributed by atoms with Crippen LogP contribution in [0.2, 0.25) is 0 Å². The SMILES string of the molecule is CC(C)[C@@H](NC(=O)c1ccc(F)cc1)C(=O)O[C@H](C)C(=O)N1CCCC1. The molecule has 6 nitrogen and oxygen atoms in total. The van der Waals surface area contributed by atoms with Crippen molar-refractivity contribution >= 4 is 17.8 Å². The van der Waals surface area contributed by atoms with Gasteiger partial charge in [0, 0.05) is 18.7 Å². The van der Waals surface area contributed by atoms with Gasteiger partial charge in [0.1, 0.15) is 11.9 Å². The number of hydrogen-bond acceptors (Lipinski definition) is 4. The number of hydrogen-bond donors (Lipinski definition) is 1. The maximum atomic E-state index is 13.0. The smallest absolute Gasteiger partial charge is 0.329 e. The Bertz CT molecular complexity index is 654. The number of esters is 1. The summed E-state index contributed by atoms with van der Waals surface area (Å²) in [5, 5.41) is 2.60. The molecular formula is C19H25FN2O4. The van der Waals surface area contributed by atoms with Gasteiger partial charge in [0.15, 0.2) is 6.10 Å². The molecule has 142 valence electrons. The first-order chi connectivity index (χ1) is 12.3. The van der Waals surface area contributed by atoms with Crippen LogP contribution in [-0.2, 0) is 14.3 Å². The third-order valence-corrected chi connectivity index (χ3v) is 4.37. The van der Waals surface area contributed by atoms with Crippen molar-refractivity contribution in [2.45, 2.75) is 45.8 Å². The topological polar surface area (TPSA) is 75.7 Å². The first kappa shape index (κ1) is 19.9. The summed E-state index contributed by atoms with van der Waals surface area (Å²) in [4.78, 5) is 38.7. The van der Waals surface area contributed by atoms with Crippen molar-refractivity contribution in [3.8, 4) is 0 Å². The highest BCUT2D eigenvalue weighted by atomic mass is 19.1. The molecule has 1 saturated heterocycles. The van der Waals surface area contributed by atoms with E-state index in [4.69, 9.17) is 4.74 Å². The summed E-state index contributed by atoms with van der Waals surface area (Å²) < 4.78 is 18.3. The van der Waals surface area contributed by atoms with E-state index in [2.05, 4.69) is 5.32 Å². The monoisotopic (exact) mass is 364 g/mol. The summed E-state index contributed by atoms with van der Waals surface area (Å²) >= 11 is 0. The molecule has 1 aliphatic heterocycles. The molecule has 2 amide bonds. The molecule has 1 aromatic rings. The Labute approximate surface area is 152 Å². The largest absolute Gasteiger partial charge is 0.451 e. The van der Waals surface area contributed by atoms with Gasteiger partial charge >= 0.3 is 5.97 Å². The molecule has 0 unspecified atom stereocenters. The number of rotatable bonds is 6. The molecule has 0 aromatic heterocycles. The van der Waals surface area contributed by atoms with Crippen LogP contribution in [-0.4, -0.2) is 47.9 Å². The Kier molecular flexibility index (Phi) is 6.71. The van der Waals surface area contributed by atoms with E-state index in [9.17, 15) is 18.8 Å². The van der Waals surface area contributed by atoms with Crippen LogP contribution in [0.5, 0.6) is 0 Å². The van der Waals surface area contributed by atoms with Gasteiger partial charge in [-0.2, -0.15) is 0 Å². The van der Waals surface area contributed by atoms with Gasteiger partial charge in [-0.1, -0.05) is 13.8 Å². The van der Waals surface area contributed by atoms with Crippen LogP contribution in [0, 0.1) is 11.7 Å². The van der Waals surface area contributed by atoms with Crippen molar-refractivity contribution < 1.29 is 23.5 Å². The molecule has 7 heteroatoms. The third-order valence-electron chi connectivity index (χ3n) is 4.37. The van der Waals surface area contributed by atoms with E-state index in [1.54, 1.807) is 18.7 Å². The molecular weight excluding hydrogens is 339 g/mol. The second-order valence-corrected chi connectivity index (χ2v) is 6.81. The standard InChI is InChI=1S/C19H25FN2O4/c1-12(2)16(21-17(23)14-6-8-15(20)9-7-14)19(25)26-13(3)18(24)22-10-4-5-11-22/h6-9,12-13,16H,4-5,10-11H2,1-3H3,(H,21,23)/t13-,16-/m1/s1. The fraction of sp³-hybridized carbons (Fsp3) is 0.526. The average molecular weight is 364 g/mol. The highest BCUT2D eigenvalue weighted by molar-refractivity contribution is 5.97. The van der Waals surface area contributed by atoms with Crippen molar-refractivity contribution in [1.29, 1.82) is 0 Å². The summed E-state index contributed by atoms with van der Waals surface area (Å²) in [7, 11) is 0. The molecule has 1 aliphatic rings. The average Bonchev–Trinajstić information content (AvgIpc) is 3.13. The van der Waals surface area contributed by atoms with Gasteiger partial charge in [0.05, 0.1) is 0 Å². The lowest BCUT2D eigenvalue weighted by atomic mass is 10.0. The first-order valence-corrected chi connectivity index (χ1v) is 8.85. The molecule has 1 heterocycles. The lowest BCUT2D eigenvalue weighted by molar-refractivity contribution is -0.161. The highest BCUT2D eigenvalue weighted by Crippen LogP contribution is 2.13. The minimum Gasteiger partial charge on any atom is -0.451 e. The zero-order chi connectivity index (χ0) is 19.3. The van der Waals surface area contributed by atoms with Crippen molar-refractivity contribution in [1.82, 2.24) is 10.2 Å². The van der Waals surface area contributed by atoms with E-state index >= 15 is 0 Å². The summed E-state index contributed by atoms with van der Waals surface area (Å²) in [6.45, 7) is 6.43. The van der Waals surface area contributed by atoms with Crippen molar-refractivity contribution in [3.05, 3.63) is 35.6 Å². The van der Waals surface area contributed by atoms with Crippen LogP contribution < -0.4 is 5.32 Å². The summed E-state index contributed by atoms with van der Waals surface area (Å²) in [5.41, 5.74) is 0.242. The predicted octanol–water partition coefficient (Wildman–Crippen LogP) is 2.13. The lowest BCUT2D eigenvalue weighted by Gasteiger charge is -2.25. The maximum Gasteiger partial charge on any atom is 0.329 e. The van der Waals surface area contributed by atoms with Crippen LogP contribution in [0.15, 0.2) is 24.3 Å². The Balaban J connectivity index is 1.98. The van der Waals surface area contributed by atoms with E-state index in [0.29, 0.717) is 13.1 Å². The van der Waals surface area contributed by atoms with Gasteiger partial charge < -0.3 is 15.0 Å². The lowest BCUT2D eigenvalue weighted by Crippen LogP contribution is -2.48. The van der Waals surface area contributed by atoms with E-state index in [1.807, 2.05) is 0 Å². The third kappa shape index (κ3) is 5.03. The van der Waals surface area contributed by atoms with Crippen LogP contribution in [0.1, 0.15) is 44.0 Å². The zero-order valence-corrected chi connectivity index (χ0v) is 15.3. The molecule has 0 aliphatic carbocycles. The summed E-state index contributed by atoms with van der Waals surface area (Å²) in [5.74, 6) is -2.06. The molecule has 2 rings (SSSR count). The number of benzene rings is 1. The van der Waals surface area contributed by atoms with Crippen molar-refractivity contribution in [3.63, 3.8) is 0 Å². The first-order valence-electron chi connectivity index (χ1n) is 8.85. The van der Waals surface area contributed by atoms with Gasteiger partial charge in [0.25, 0.3) is 11.8 Å². The maximum absolute atomic E-state index is 13.0. The Hall–Kier alpha value is -2.44. The molecule has 26 heavy (non-hydrogen) atoms. The minimum absolute atomic E-state index is 0.219.